The van der Waals surface area contributed by atoms with E-state index < -0.39 is 11.6 Å². The fourth-order valence-corrected chi connectivity index (χ4v) is 2.81. The molecular formula is C17H17F2N. The maximum absolute atomic E-state index is 14.0. The standard InChI is InChI=1S/C17H17F2N/c18-16-10-14(13-7-4-8-20-11-13)9-15(17(16)19)12-5-2-1-3-6-12/h1-3,5-6,9-10,13,20H,4,7-8,11H2. The summed E-state index contributed by atoms with van der Waals surface area (Å²) in [6.45, 7) is 1.84. The van der Waals surface area contributed by atoms with E-state index in [4.69, 9.17) is 0 Å². The van der Waals surface area contributed by atoms with Crippen molar-refractivity contribution in [2.24, 2.45) is 0 Å². The van der Waals surface area contributed by atoms with E-state index in [2.05, 4.69) is 5.32 Å². The zero-order chi connectivity index (χ0) is 13.9. The van der Waals surface area contributed by atoms with E-state index in [0.29, 0.717) is 5.56 Å². The van der Waals surface area contributed by atoms with Crippen LogP contribution in [0.1, 0.15) is 24.3 Å². The number of hydrogen-bond acceptors (Lipinski definition) is 1. The Kier molecular flexibility index (Phi) is 3.79. The largest absolute Gasteiger partial charge is 0.316 e. The molecule has 0 spiro atoms. The Labute approximate surface area is 117 Å². The quantitative estimate of drug-likeness (QED) is 0.868. The van der Waals surface area contributed by atoms with E-state index in [1.165, 1.54) is 6.07 Å². The zero-order valence-electron chi connectivity index (χ0n) is 11.2. The molecule has 0 radical (unpaired) electrons. The van der Waals surface area contributed by atoms with E-state index in [1.807, 2.05) is 18.2 Å². The third kappa shape index (κ3) is 2.59. The number of hydrogen-bond donors (Lipinski definition) is 1. The van der Waals surface area contributed by atoms with Crippen LogP contribution < -0.4 is 5.32 Å². The number of benzene rings is 2. The predicted molar refractivity (Wildman–Crippen MR) is 76.6 cm³/mol. The summed E-state index contributed by atoms with van der Waals surface area (Å²) in [7, 11) is 0. The van der Waals surface area contributed by atoms with Crippen LogP contribution >= 0.6 is 0 Å². The Balaban J connectivity index is 2.03. The van der Waals surface area contributed by atoms with Gasteiger partial charge in [-0.05, 0) is 48.6 Å². The van der Waals surface area contributed by atoms with Crippen LogP contribution in [0.2, 0.25) is 0 Å². The second-order valence-electron chi connectivity index (χ2n) is 5.27. The molecule has 1 atom stereocenters. The van der Waals surface area contributed by atoms with Crippen molar-refractivity contribution in [3.63, 3.8) is 0 Å². The van der Waals surface area contributed by atoms with Crippen LogP contribution in [0.25, 0.3) is 11.1 Å². The lowest BCUT2D eigenvalue weighted by atomic mass is 9.89. The minimum atomic E-state index is -0.760. The van der Waals surface area contributed by atoms with Gasteiger partial charge in [-0.25, -0.2) is 8.78 Å². The minimum absolute atomic E-state index is 0.265. The third-order valence-corrected chi connectivity index (χ3v) is 3.90. The average Bonchev–Trinajstić information content (AvgIpc) is 2.51. The van der Waals surface area contributed by atoms with Gasteiger partial charge in [-0.1, -0.05) is 30.3 Å². The summed E-state index contributed by atoms with van der Waals surface area (Å²) in [5, 5.41) is 3.31. The van der Waals surface area contributed by atoms with Crippen molar-refractivity contribution in [3.8, 4) is 11.1 Å². The van der Waals surface area contributed by atoms with Crippen molar-refractivity contribution in [1.82, 2.24) is 5.32 Å². The first-order valence-electron chi connectivity index (χ1n) is 7.01. The second kappa shape index (κ2) is 5.71. The summed E-state index contributed by atoms with van der Waals surface area (Å²) in [6.07, 6.45) is 2.09. The first kappa shape index (κ1) is 13.3. The fourth-order valence-electron chi connectivity index (χ4n) is 2.81. The first-order valence-corrected chi connectivity index (χ1v) is 7.01. The highest BCUT2D eigenvalue weighted by Crippen LogP contribution is 2.31. The highest BCUT2D eigenvalue weighted by Gasteiger charge is 2.19. The van der Waals surface area contributed by atoms with Crippen LogP contribution in [0.15, 0.2) is 42.5 Å². The maximum atomic E-state index is 14.0. The van der Waals surface area contributed by atoms with Crippen molar-refractivity contribution >= 4 is 0 Å². The van der Waals surface area contributed by atoms with E-state index >= 15 is 0 Å². The smallest absolute Gasteiger partial charge is 0.166 e. The van der Waals surface area contributed by atoms with Crippen LogP contribution in [0.3, 0.4) is 0 Å². The minimum Gasteiger partial charge on any atom is -0.316 e. The molecule has 1 saturated heterocycles. The molecule has 1 aliphatic heterocycles. The van der Waals surface area contributed by atoms with Crippen molar-refractivity contribution in [3.05, 3.63) is 59.7 Å². The SMILES string of the molecule is Fc1cc(C2CCCNC2)cc(-c2ccccc2)c1F. The zero-order valence-corrected chi connectivity index (χ0v) is 11.2. The van der Waals surface area contributed by atoms with Gasteiger partial charge in [0.1, 0.15) is 0 Å². The van der Waals surface area contributed by atoms with Crippen LogP contribution in [-0.4, -0.2) is 13.1 Å². The molecule has 2 aromatic carbocycles. The highest BCUT2D eigenvalue weighted by atomic mass is 19.2. The Morgan fingerprint density at radius 3 is 2.55 bits per heavy atom. The molecule has 0 bridgehead atoms. The summed E-state index contributed by atoms with van der Waals surface area (Å²) in [6, 6.07) is 12.3. The van der Waals surface area contributed by atoms with Gasteiger partial charge in [0.05, 0.1) is 0 Å². The van der Waals surface area contributed by atoms with Gasteiger partial charge in [-0.15, -0.1) is 0 Å². The molecule has 2 aromatic rings. The Morgan fingerprint density at radius 2 is 1.85 bits per heavy atom. The molecule has 3 rings (SSSR count). The van der Waals surface area contributed by atoms with Gasteiger partial charge in [-0.2, -0.15) is 0 Å². The highest BCUT2D eigenvalue weighted by molar-refractivity contribution is 5.65. The lowest BCUT2D eigenvalue weighted by molar-refractivity contribution is 0.455. The van der Waals surface area contributed by atoms with Crippen LogP contribution in [0.5, 0.6) is 0 Å². The van der Waals surface area contributed by atoms with Gasteiger partial charge in [0.25, 0.3) is 0 Å². The lowest BCUT2D eigenvalue weighted by Crippen LogP contribution is -2.28. The van der Waals surface area contributed by atoms with Gasteiger partial charge in [0.2, 0.25) is 0 Å². The van der Waals surface area contributed by atoms with Crippen molar-refractivity contribution in [1.29, 1.82) is 0 Å². The molecule has 104 valence electrons. The monoisotopic (exact) mass is 273 g/mol. The van der Waals surface area contributed by atoms with E-state index in [9.17, 15) is 8.78 Å². The molecule has 20 heavy (non-hydrogen) atoms. The molecule has 1 N–H and O–H groups in total. The van der Waals surface area contributed by atoms with Gasteiger partial charge >= 0.3 is 0 Å². The molecule has 0 saturated carbocycles. The fraction of sp³-hybridized carbons (Fsp3) is 0.294. The Bertz CT molecular complexity index is 589. The molecule has 0 aliphatic carbocycles. The molecule has 3 heteroatoms. The van der Waals surface area contributed by atoms with Crippen molar-refractivity contribution in [2.75, 3.05) is 13.1 Å². The molecule has 1 heterocycles. The van der Waals surface area contributed by atoms with Crippen LogP contribution in [0, 0.1) is 11.6 Å². The molecule has 1 nitrogen and oxygen atoms in total. The normalized spacial score (nSPS) is 19.0. The topological polar surface area (TPSA) is 12.0 Å². The van der Waals surface area contributed by atoms with Crippen molar-refractivity contribution in [2.45, 2.75) is 18.8 Å². The molecular weight excluding hydrogens is 256 g/mol. The molecule has 0 amide bonds. The first-order chi connectivity index (χ1) is 9.75. The predicted octanol–water partition coefficient (Wildman–Crippen LogP) is 4.10. The summed E-state index contributed by atoms with van der Waals surface area (Å²) in [5.41, 5.74) is 1.95. The molecule has 1 fully saturated rings. The van der Waals surface area contributed by atoms with Crippen LogP contribution in [-0.2, 0) is 0 Å². The third-order valence-electron chi connectivity index (χ3n) is 3.90. The number of rotatable bonds is 2. The second-order valence-corrected chi connectivity index (χ2v) is 5.27. The van der Waals surface area contributed by atoms with Crippen molar-refractivity contribution < 1.29 is 8.78 Å². The van der Waals surface area contributed by atoms with E-state index in [1.54, 1.807) is 18.2 Å². The Hall–Kier alpha value is -1.74. The number of nitrogens with one attached hydrogen (secondary N) is 1. The van der Waals surface area contributed by atoms with Gasteiger partial charge in [-0.3, -0.25) is 0 Å². The number of halogens is 2. The Morgan fingerprint density at radius 1 is 1.05 bits per heavy atom. The summed E-state index contributed by atoms with van der Waals surface area (Å²) in [5.74, 6) is -1.25. The summed E-state index contributed by atoms with van der Waals surface area (Å²) < 4.78 is 27.9. The van der Waals surface area contributed by atoms with Gasteiger partial charge < -0.3 is 5.32 Å². The van der Waals surface area contributed by atoms with Gasteiger partial charge in [0.15, 0.2) is 11.6 Å². The van der Waals surface area contributed by atoms with Gasteiger partial charge in [0, 0.05) is 12.1 Å². The average molecular weight is 273 g/mol. The summed E-state index contributed by atoms with van der Waals surface area (Å²) in [4.78, 5) is 0. The van der Waals surface area contributed by atoms with E-state index in [-0.39, 0.29) is 5.92 Å². The van der Waals surface area contributed by atoms with Crippen LogP contribution in [0.4, 0.5) is 8.78 Å². The lowest BCUT2D eigenvalue weighted by Gasteiger charge is -2.24. The maximum Gasteiger partial charge on any atom is 0.166 e. The van der Waals surface area contributed by atoms with E-state index in [0.717, 1.165) is 37.1 Å². The molecule has 1 unspecified atom stereocenters. The molecule has 1 aliphatic rings. The number of piperidine rings is 1. The summed E-state index contributed by atoms with van der Waals surface area (Å²) >= 11 is 0. The molecule has 0 aromatic heterocycles.